The van der Waals surface area contributed by atoms with E-state index in [4.69, 9.17) is 14.2 Å². The highest BCUT2D eigenvalue weighted by Crippen LogP contribution is 2.45. The first-order valence-corrected chi connectivity index (χ1v) is 9.37. The Hall–Kier alpha value is -3.49. The minimum Gasteiger partial charge on any atom is -0.497 e. The first-order chi connectivity index (χ1) is 14.7. The SMILES string of the molecule is COc1ccc(OC)c(C2CC(=O)N(c3ccc(C(F)(F)F)cc3)C3=C2C(=O)OC3)c1. The Morgan fingerprint density at radius 1 is 1.03 bits per heavy atom. The van der Waals surface area contributed by atoms with Gasteiger partial charge in [0.05, 0.1) is 31.1 Å². The Balaban J connectivity index is 1.80. The second kappa shape index (κ2) is 7.64. The number of anilines is 1. The lowest BCUT2D eigenvalue weighted by Gasteiger charge is -2.32. The number of alkyl halides is 3. The number of halogens is 3. The van der Waals surface area contributed by atoms with Crippen LogP contribution in [0.4, 0.5) is 18.9 Å². The van der Waals surface area contributed by atoms with Gasteiger partial charge in [-0.1, -0.05) is 0 Å². The van der Waals surface area contributed by atoms with E-state index in [1.807, 2.05) is 0 Å². The normalized spacial score (nSPS) is 18.7. The van der Waals surface area contributed by atoms with Gasteiger partial charge in [-0.05, 0) is 42.5 Å². The maximum absolute atomic E-state index is 13.1. The molecule has 0 N–H and O–H groups in total. The predicted molar refractivity (Wildman–Crippen MR) is 104 cm³/mol. The summed E-state index contributed by atoms with van der Waals surface area (Å²) in [7, 11) is 2.98. The van der Waals surface area contributed by atoms with E-state index in [1.54, 1.807) is 18.2 Å². The standard InChI is InChI=1S/C22H18F3NO5/c1-29-14-7-8-18(30-2)15(9-14)16-10-19(27)26(17-11-31-21(28)20(16)17)13-5-3-12(4-6-13)22(23,24)25/h3-9,16H,10-11H2,1-2H3. The molecule has 2 aromatic rings. The molecule has 1 atom stereocenters. The summed E-state index contributed by atoms with van der Waals surface area (Å²) < 4.78 is 54.6. The highest BCUT2D eigenvalue weighted by Gasteiger charge is 2.44. The van der Waals surface area contributed by atoms with Crippen molar-refractivity contribution < 1.29 is 37.0 Å². The van der Waals surface area contributed by atoms with Crippen LogP contribution in [0.25, 0.3) is 0 Å². The number of ether oxygens (including phenoxy) is 3. The zero-order valence-corrected chi connectivity index (χ0v) is 16.7. The number of benzene rings is 2. The van der Waals surface area contributed by atoms with Crippen molar-refractivity contribution in [1.82, 2.24) is 0 Å². The van der Waals surface area contributed by atoms with Crippen molar-refractivity contribution in [2.75, 3.05) is 25.7 Å². The summed E-state index contributed by atoms with van der Waals surface area (Å²) in [5.41, 5.74) is 0.600. The molecule has 0 bridgehead atoms. The number of amides is 1. The van der Waals surface area contributed by atoms with Crippen LogP contribution in [0.3, 0.4) is 0 Å². The molecule has 0 saturated carbocycles. The lowest BCUT2D eigenvalue weighted by Crippen LogP contribution is -2.37. The van der Waals surface area contributed by atoms with Crippen LogP contribution in [0.2, 0.25) is 0 Å². The molecule has 2 aliphatic rings. The largest absolute Gasteiger partial charge is 0.497 e. The Labute approximate surface area is 175 Å². The molecule has 0 spiro atoms. The van der Waals surface area contributed by atoms with Gasteiger partial charge in [0.15, 0.2) is 0 Å². The molecule has 0 aromatic heterocycles. The number of carbonyl (C=O) groups is 2. The highest BCUT2D eigenvalue weighted by atomic mass is 19.4. The van der Waals surface area contributed by atoms with Gasteiger partial charge in [-0.15, -0.1) is 0 Å². The molecule has 0 fully saturated rings. The Kier molecular flexibility index (Phi) is 5.12. The number of rotatable bonds is 4. The van der Waals surface area contributed by atoms with Crippen LogP contribution in [0.5, 0.6) is 11.5 Å². The number of cyclic esters (lactones) is 1. The van der Waals surface area contributed by atoms with E-state index in [0.29, 0.717) is 22.8 Å². The number of carbonyl (C=O) groups excluding carboxylic acids is 2. The van der Waals surface area contributed by atoms with Gasteiger partial charge in [0.25, 0.3) is 0 Å². The fraction of sp³-hybridized carbons (Fsp3) is 0.273. The summed E-state index contributed by atoms with van der Waals surface area (Å²) in [6.45, 7) is -0.149. The average Bonchev–Trinajstić information content (AvgIpc) is 3.13. The first kappa shape index (κ1) is 20.8. The van der Waals surface area contributed by atoms with Crippen molar-refractivity contribution >= 4 is 17.6 Å². The van der Waals surface area contributed by atoms with E-state index >= 15 is 0 Å². The zero-order valence-electron chi connectivity index (χ0n) is 16.7. The maximum atomic E-state index is 13.1. The molecular formula is C22H18F3NO5. The summed E-state index contributed by atoms with van der Waals surface area (Å²) in [6.07, 6.45) is -4.58. The zero-order chi connectivity index (χ0) is 22.3. The second-order valence-corrected chi connectivity index (χ2v) is 7.07. The average molecular weight is 433 g/mol. The molecule has 6 nitrogen and oxygen atoms in total. The molecule has 162 valence electrons. The van der Waals surface area contributed by atoms with Gasteiger partial charge < -0.3 is 14.2 Å². The van der Waals surface area contributed by atoms with Gasteiger partial charge in [-0.3, -0.25) is 9.69 Å². The third-order valence-corrected chi connectivity index (χ3v) is 5.38. The molecule has 0 saturated heterocycles. The minimum atomic E-state index is -4.49. The first-order valence-electron chi connectivity index (χ1n) is 9.37. The number of methoxy groups -OCH3 is 2. The second-order valence-electron chi connectivity index (χ2n) is 7.07. The van der Waals surface area contributed by atoms with Crippen LogP contribution < -0.4 is 14.4 Å². The number of hydrogen-bond donors (Lipinski definition) is 0. The summed E-state index contributed by atoms with van der Waals surface area (Å²) in [5.74, 6) is -0.565. The molecular weight excluding hydrogens is 415 g/mol. The number of hydrogen-bond acceptors (Lipinski definition) is 5. The summed E-state index contributed by atoms with van der Waals surface area (Å²) in [5, 5.41) is 0. The van der Waals surface area contributed by atoms with E-state index in [9.17, 15) is 22.8 Å². The fourth-order valence-corrected chi connectivity index (χ4v) is 3.93. The topological polar surface area (TPSA) is 65.1 Å². The molecule has 0 aliphatic carbocycles. The van der Waals surface area contributed by atoms with E-state index in [2.05, 4.69) is 0 Å². The molecule has 2 aliphatic heterocycles. The van der Waals surface area contributed by atoms with Crippen molar-refractivity contribution in [2.45, 2.75) is 18.5 Å². The number of esters is 1. The van der Waals surface area contributed by atoms with Crippen LogP contribution in [-0.4, -0.2) is 32.7 Å². The third-order valence-electron chi connectivity index (χ3n) is 5.38. The highest BCUT2D eigenvalue weighted by molar-refractivity contribution is 6.06. The van der Waals surface area contributed by atoms with Crippen LogP contribution in [0, 0.1) is 0 Å². The van der Waals surface area contributed by atoms with Gasteiger partial charge in [-0.25, -0.2) is 4.79 Å². The van der Waals surface area contributed by atoms with Crippen molar-refractivity contribution in [2.24, 2.45) is 0 Å². The van der Waals surface area contributed by atoms with Gasteiger partial charge in [0, 0.05) is 23.6 Å². The van der Waals surface area contributed by atoms with Gasteiger partial charge in [0.2, 0.25) is 5.91 Å². The molecule has 4 rings (SSSR count). The lowest BCUT2D eigenvalue weighted by atomic mass is 9.83. The summed E-state index contributed by atoms with van der Waals surface area (Å²) >= 11 is 0. The van der Waals surface area contributed by atoms with E-state index in [-0.39, 0.29) is 30.2 Å². The van der Waals surface area contributed by atoms with E-state index in [0.717, 1.165) is 12.1 Å². The van der Waals surface area contributed by atoms with Crippen LogP contribution in [0.1, 0.15) is 23.5 Å². The fourth-order valence-electron chi connectivity index (χ4n) is 3.93. The van der Waals surface area contributed by atoms with Gasteiger partial charge >= 0.3 is 12.1 Å². The Bertz CT molecular complexity index is 1080. The molecule has 2 aromatic carbocycles. The Morgan fingerprint density at radius 2 is 1.74 bits per heavy atom. The van der Waals surface area contributed by atoms with Gasteiger partial charge in [0.1, 0.15) is 18.1 Å². The van der Waals surface area contributed by atoms with Crippen LogP contribution >= 0.6 is 0 Å². The van der Waals surface area contributed by atoms with Crippen molar-refractivity contribution in [3.8, 4) is 11.5 Å². The molecule has 0 radical (unpaired) electrons. The molecule has 1 amide bonds. The van der Waals surface area contributed by atoms with Crippen molar-refractivity contribution in [1.29, 1.82) is 0 Å². The van der Waals surface area contributed by atoms with E-state index < -0.39 is 23.6 Å². The smallest absolute Gasteiger partial charge is 0.416 e. The monoisotopic (exact) mass is 433 g/mol. The predicted octanol–water partition coefficient (Wildman–Crippen LogP) is 4.05. The van der Waals surface area contributed by atoms with Crippen LogP contribution in [0.15, 0.2) is 53.7 Å². The molecule has 2 heterocycles. The third kappa shape index (κ3) is 3.60. The lowest BCUT2D eigenvalue weighted by molar-refractivity contribution is -0.138. The van der Waals surface area contributed by atoms with Crippen molar-refractivity contribution in [3.63, 3.8) is 0 Å². The minimum absolute atomic E-state index is 0.0848. The van der Waals surface area contributed by atoms with E-state index in [1.165, 1.54) is 31.3 Å². The quantitative estimate of drug-likeness (QED) is 0.681. The Morgan fingerprint density at radius 3 is 2.35 bits per heavy atom. The molecule has 31 heavy (non-hydrogen) atoms. The van der Waals surface area contributed by atoms with Crippen LogP contribution in [-0.2, 0) is 20.5 Å². The molecule has 1 unspecified atom stereocenters. The number of nitrogens with zero attached hydrogens (tertiary/aromatic N) is 1. The van der Waals surface area contributed by atoms with Gasteiger partial charge in [-0.2, -0.15) is 13.2 Å². The summed E-state index contributed by atoms with van der Waals surface area (Å²) in [4.78, 5) is 26.9. The molecule has 9 heteroatoms. The summed E-state index contributed by atoms with van der Waals surface area (Å²) in [6, 6.07) is 9.29. The van der Waals surface area contributed by atoms with Crippen molar-refractivity contribution in [3.05, 3.63) is 64.9 Å². The maximum Gasteiger partial charge on any atom is 0.416 e.